The number of halogens is 3. The van der Waals surface area contributed by atoms with E-state index in [-0.39, 0.29) is 0 Å². The number of carbonyl (C=O) groups is 1. The Labute approximate surface area is 178 Å². The fourth-order valence-electron chi connectivity index (χ4n) is 2.28. The van der Waals surface area contributed by atoms with E-state index in [0.29, 0.717) is 12.2 Å². The first kappa shape index (κ1) is 20.2. The SMILES string of the molecule is O=C(N/N=C\c1ccc(OCc2ccc(Br)cc2Br)cc1)c1ccc(F)cc1. The molecule has 0 aliphatic rings. The summed E-state index contributed by atoms with van der Waals surface area (Å²) in [5.74, 6) is -0.0755. The molecule has 28 heavy (non-hydrogen) atoms. The predicted octanol–water partition coefficient (Wildman–Crippen LogP) is 5.69. The number of rotatable bonds is 6. The van der Waals surface area contributed by atoms with E-state index in [4.69, 9.17) is 4.74 Å². The topological polar surface area (TPSA) is 50.7 Å². The Morgan fingerprint density at radius 2 is 1.75 bits per heavy atom. The third-order valence-electron chi connectivity index (χ3n) is 3.78. The molecule has 1 N–H and O–H groups in total. The number of benzene rings is 3. The highest BCUT2D eigenvalue weighted by molar-refractivity contribution is 9.11. The Morgan fingerprint density at radius 3 is 2.43 bits per heavy atom. The molecule has 3 rings (SSSR count). The molecule has 0 saturated carbocycles. The van der Waals surface area contributed by atoms with Gasteiger partial charge in [-0.3, -0.25) is 4.79 Å². The fraction of sp³-hybridized carbons (Fsp3) is 0.0476. The lowest BCUT2D eigenvalue weighted by atomic mass is 10.2. The third kappa shape index (κ3) is 5.74. The maximum atomic E-state index is 12.9. The van der Waals surface area contributed by atoms with Crippen LogP contribution < -0.4 is 10.2 Å². The van der Waals surface area contributed by atoms with Gasteiger partial charge in [-0.2, -0.15) is 5.10 Å². The van der Waals surface area contributed by atoms with Gasteiger partial charge in [-0.05, 0) is 66.2 Å². The molecule has 0 bridgehead atoms. The smallest absolute Gasteiger partial charge is 0.271 e. The van der Waals surface area contributed by atoms with Crippen molar-refractivity contribution >= 4 is 44.0 Å². The summed E-state index contributed by atoms with van der Waals surface area (Å²) in [6.07, 6.45) is 1.52. The van der Waals surface area contributed by atoms with Gasteiger partial charge in [0.25, 0.3) is 5.91 Å². The minimum atomic E-state index is -0.406. The van der Waals surface area contributed by atoms with Crippen LogP contribution in [0.4, 0.5) is 4.39 Å². The molecule has 7 heteroatoms. The van der Waals surface area contributed by atoms with Gasteiger partial charge >= 0.3 is 0 Å². The second-order valence-corrected chi connectivity index (χ2v) is 7.57. The average molecular weight is 506 g/mol. The van der Waals surface area contributed by atoms with E-state index in [9.17, 15) is 9.18 Å². The van der Waals surface area contributed by atoms with Gasteiger partial charge in [0, 0.05) is 20.1 Å². The molecule has 0 aromatic heterocycles. The van der Waals surface area contributed by atoms with E-state index in [2.05, 4.69) is 42.4 Å². The van der Waals surface area contributed by atoms with E-state index in [1.165, 1.54) is 30.5 Å². The summed E-state index contributed by atoms with van der Waals surface area (Å²) >= 11 is 6.93. The van der Waals surface area contributed by atoms with Crippen molar-refractivity contribution in [1.82, 2.24) is 5.43 Å². The van der Waals surface area contributed by atoms with E-state index in [1.54, 1.807) is 0 Å². The molecule has 0 aliphatic heterocycles. The van der Waals surface area contributed by atoms with Gasteiger partial charge in [0.1, 0.15) is 18.2 Å². The van der Waals surface area contributed by atoms with E-state index < -0.39 is 11.7 Å². The van der Waals surface area contributed by atoms with Crippen LogP contribution in [0.2, 0.25) is 0 Å². The largest absolute Gasteiger partial charge is 0.489 e. The van der Waals surface area contributed by atoms with Crippen molar-refractivity contribution in [3.05, 3.63) is 98.2 Å². The van der Waals surface area contributed by atoms with Crippen molar-refractivity contribution in [3.8, 4) is 5.75 Å². The first-order chi connectivity index (χ1) is 13.5. The third-order valence-corrected chi connectivity index (χ3v) is 5.01. The summed E-state index contributed by atoms with van der Waals surface area (Å²) in [6, 6.07) is 18.5. The highest BCUT2D eigenvalue weighted by atomic mass is 79.9. The number of hydrogen-bond acceptors (Lipinski definition) is 3. The Bertz CT molecular complexity index is 990. The van der Waals surface area contributed by atoms with Crippen LogP contribution in [0.5, 0.6) is 5.75 Å². The highest BCUT2D eigenvalue weighted by Gasteiger charge is 2.04. The predicted molar refractivity (Wildman–Crippen MR) is 114 cm³/mol. The quantitative estimate of drug-likeness (QED) is 0.345. The van der Waals surface area contributed by atoms with Crippen LogP contribution in [-0.4, -0.2) is 12.1 Å². The van der Waals surface area contributed by atoms with Crippen LogP contribution in [0.1, 0.15) is 21.5 Å². The highest BCUT2D eigenvalue weighted by Crippen LogP contribution is 2.23. The van der Waals surface area contributed by atoms with Gasteiger partial charge in [0.15, 0.2) is 0 Å². The van der Waals surface area contributed by atoms with Crippen LogP contribution in [0.3, 0.4) is 0 Å². The number of carbonyl (C=O) groups excluding carboxylic acids is 1. The number of nitrogens with one attached hydrogen (secondary N) is 1. The lowest BCUT2D eigenvalue weighted by Gasteiger charge is -2.08. The normalized spacial score (nSPS) is 10.8. The second kappa shape index (κ2) is 9.61. The Hall–Kier alpha value is -2.51. The molecule has 142 valence electrons. The summed E-state index contributed by atoms with van der Waals surface area (Å²) in [6.45, 7) is 0.440. The summed E-state index contributed by atoms with van der Waals surface area (Å²) < 4.78 is 20.6. The summed E-state index contributed by atoms with van der Waals surface area (Å²) in [7, 11) is 0. The van der Waals surface area contributed by atoms with Crippen molar-refractivity contribution in [1.29, 1.82) is 0 Å². The van der Waals surface area contributed by atoms with Crippen LogP contribution in [0, 0.1) is 5.82 Å². The summed E-state index contributed by atoms with van der Waals surface area (Å²) in [5, 5.41) is 3.91. The maximum absolute atomic E-state index is 12.9. The molecular formula is C21H15Br2FN2O2. The molecule has 4 nitrogen and oxygen atoms in total. The molecule has 0 aliphatic carbocycles. The van der Waals surface area contributed by atoms with Crippen molar-refractivity contribution in [3.63, 3.8) is 0 Å². The Morgan fingerprint density at radius 1 is 1.04 bits per heavy atom. The first-order valence-corrected chi connectivity index (χ1v) is 9.85. The minimum Gasteiger partial charge on any atom is -0.489 e. The number of nitrogens with zero attached hydrogens (tertiary/aromatic N) is 1. The second-order valence-electron chi connectivity index (χ2n) is 5.80. The van der Waals surface area contributed by atoms with Gasteiger partial charge < -0.3 is 4.74 Å². The van der Waals surface area contributed by atoms with Gasteiger partial charge in [0.05, 0.1) is 6.21 Å². The maximum Gasteiger partial charge on any atom is 0.271 e. The number of ether oxygens (including phenoxy) is 1. The van der Waals surface area contributed by atoms with E-state index in [0.717, 1.165) is 25.8 Å². The Kier molecular flexibility index (Phi) is 6.95. The summed E-state index contributed by atoms with van der Waals surface area (Å²) in [5.41, 5.74) is 4.58. The lowest BCUT2D eigenvalue weighted by molar-refractivity contribution is 0.0955. The molecule has 3 aromatic rings. The minimum absolute atomic E-state index is 0.335. The zero-order valence-corrected chi connectivity index (χ0v) is 17.7. The zero-order chi connectivity index (χ0) is 19.9. The first-order valence-electron chi connectivity index (χ1n) is 8.27. The van der Waals surface area contributed by atoms with Crippen LogP contribution in [0.25, 0.3) is 0 Å². The molecule has 0 atom stereocenters. The van der Waals surface area contributed by atoms with Gasteiger partial charge in [-0.15, -0.1) is 0 Å². The standard InChI is InChI=1S/C21H15Br2FN2O2/c22-17-6-3-16(20(23)11-17)13-28-19-9-1-14(2-10-19)12-25-26-21(27)15-4-7-18(24)8-5-15/h1-12H,13H2,(H,26,27)/b25-12-. The molecule has 0 saturated heterocycles. The molecule has 0 unspecified atom stereocenters. The van der Waals surface area contributed by atoms with Crippen LogP contribution in [-0.2, 0) is 6.61 Å². The molecular weight excluding hydrogens is 491 g/mol. The van der Waals surface area contributed by atoms with Gasteiger partial charge in [-0.25, -0.2) is 9.82 Å². The van der Waals surface area contributed by atoms with Crippen LogP contribution in [0.15, 0.2) is 80.8 Å². The lowest BCUT2D eigenvalue weighted by Crippen LogP contribution is -2.17. The molecule has 1 amide bonds. The van der Waals surface area contributed by atoms with Crippen molar-refractivity contribution in [2.24, 2.45) is 5.10 Å². The number of amides is 1. The molecule has 3 aromatic carbocycles. The van der Waals surface area contributed by atoms with Crippen molar-refractivity contribution in [2.75, 3.05) is 0 Å². The van der Waals surface area contributed by atoms with Gasteiger partial charge in [-0.1, -0.05) is 37.9 Å². The monoisotopic (exact) mass is 504 g/mol. The van der Waals surface area contributed by atoms with Gasteiger partial charge in [0.2, 0.25) is 0 Å². The Balaban J connectivity index is 1.53. The molecule has 0 spiro atoms. The van der Waals surface area contributed by atoms with E-state index >= 15 is 0 Å². The fourth-order valence-corrected chi connectivity index (χ4v) is 3.44. The van der Waals surface area contributed by atoms with E-state index in [1.807, 2.05) is 42.5 Å². The number of hydrazone groups is 1. The molecule has 0 heterocycles. The molecule has 0 radical (unpaired) electrons. The van der Waals surface area contributed by atoms with Crippen LogP contribution >= 0.6 is 31.9 Å². The summed E-state index contributed by atoms with van der Waals surface area (Å²) in [4.78, 5) is 11.9. The average Bonchev–Trinajstić information content (AvgIpc) is 2.69. The molecule has 0 fully saturated rings. The van der Waals surface area contributed by atoms with Crippen molar-refractivity contribution in [2.45, 2.75) is 6.61 Å². The number of hydrogen-bond donors (Lipinski definition) is 1. The van der Waals surface area contributed by atoms with Crippen molar-refractivity contribution < 1.29 is 13.9 Å². The zero-order valence-electron chi connectivity index (χ0n) is 14.5.